The zero-order valence-corrected chi connectivity index (χ0v) is 41.5. The summed E-state index contributed by atoms with van der Waals surface area (Å²) in [5.74, 6) is -21.7. The van der Waals surface area contributed by atoms with Crippen molar-refractivity contribution in [2.24, 2.45) is 5.92 Å². The minimum absolute atomic E-state index is 0.208. The number of rotatable bonds is 24. The van der Waals surface area contributed by atoms with E-state index in [1.165, 1.54) is 6.92 Å². The van der Waals surface area contributed by atoms with Gasteiger partial charge in [0.05, 0.1) is 32.3 Å². The van der Waals surface area contributed by atoms with Gasteiger partial charge in [-0.15, -0.1) is 0 Å². The van der Waals surface area contributed by atoms with Crippen molar-refractivity contribution in [3.05, 3.63) is 0 Å². The van der Waals surface area contributed by atoms with Gasteiger partial charge < -0.3 is 52.5 Å². The zero-order valence-electron chi connectivity index (χ0n) is 41.5. The summed E-state index contributed by atoms with van der Waals surface area (Å²) >= 11 is 0. The van der Waals surface area contributed by atoms with E-state index in [1.54, 1.807) is 0 Å². The van der Waals surface area contributed by atoms with E-state index in [0.717, 1.165) is 46.0 Å². The summed E-state index contributed by atoms with van der Waals surface area (Å²) in [6.07, 6.45) is -17.3. The van der Waals surface area contributed by atoms with E-state index in [-0.39, 0.29) is 19.1 Å². The summed E-state index contributed by atoms with van der Waals surface area (Å²) in [4.78, 5) is 75.6. The number of alkyl halides is 14. The molecule has 0 aromatic carbocycles. The smallest absolute Gasteiger partial charge is 0.462 e. The third-order valence-corrected chi connectivity index (χ3v) is 7.76. The molecule has 0 bridgehead atoms. The van der Waals surface area contributed by atoms with Crippen molar-refractivity contribution in [3.8, 4) is 0 Å². The van der Waals surface area contributed by atoms with Gasteiger partial charge in [0.2, 0.25) is 11.8 Å². The van der Waals surface area contributed by atoms with Crippen LogP contribution in [0.3, 0.4) is 0 Å². The maximum absolute atomic E-state index is 12.8. The Hall–Kier alpha value is -4.89. The molecule has 19 nitrogen and oxygen atoms in total. The van der Waals surface area contributed by atoms with Gasteiger partial charge in [0, 0.05) is 68.2 Å². The lowest BCUT2D eigenvalue weighted by atomic mass is 9.89. The molecule has 3 unspecified atom stereocenters. The first kappa shape index (κ1) is 73.4. The third kappa shape index (κ3) is 39.6. The van der Waals surface area contributed by atoms with Crippen molar-refractivity contribution in [2.75, 3.05) is 39.6 Å². The van der Waals surface area contributed by atoms with E-state index in [0.29, 0.717) is 48.5 Å². The van der Waals surface area contributed by atoms with Crippen LogP contribution in [-0.2, 0) is 85.7 Å². The fraction of sp³-hybridized carbons (Fsp3) is 0.829. The highest BCUT2D eigenvalue weighted by atomic mass is 19.4. The molecule has 0 radical (unpaired) electrons. The van der Waals surface area contributed by atoms with Crippen LogP contribution in [0.4, 0.5) is 61.5 Å². The van der Waals surface area contributed by atoms with Gasteiger partial charge in [-0.2, -0.15) is 43.9 Å². The van der Waals surface area contributed by atoms with Crippen molar-refractivity contribution in [2.45, 2.75) is 175 Å². The van der Waals surface area contributed by atoms with Crippen LogP contribution in [-0.4, -0.2) is 147 Å². The van der Waals surface area contributed by atoms with E-state index in [9.17, 15) is 95.0 Å². The SMILES string of the molecule is CC(=O)OC(O)(OCCC(C)(F)F)C(F)(F)F.CC(=O)OC(OCCC(C)(F)F)(OC(C)=O)C(F)(F)F.CC(=O)OCC(COC(C)(F)F)OC(=O)C1CCCCC1.CC(=O)OCC(COC(C)(F)F)OC(C)=O. The van der Waals surface area contributed by atoms with Gasteiger partial charge in [0.1, 0.15) is 13.2 Å². The molecule has 0 heterocycles. The molecular weight excluding hydrogens is 1060 g/mol. The maximum Gasteiger partial charge on any atom is 0.500 e. The molecule has 0 aliphatic heterocycles. The van der Waals surface area contributed by atoms with Crippen LogP contribution in [0, 0.1) is 5.92 Å². The van der Waals surface area contributed by atoms with E-state index >= 15 is 0 Å². The average molecular weight is 1120 g/mol. The van der Waals surface area contributed by atoms with Crippen LogP contribution in [0.2, 0.25) is 0 Å². The summed E-state index contributed by atoms with van der Waals surface area (Å²) in [6, 6.07) is 0. The number of esters is 7. The Labute approximate surface area is 414 Å². The molecule has 436 valence electrons. The molecular formula is C41H60F14O19. The molecule has 1 fully saturated rings. The predicted octanol–water partition coefficient (Wildman–Crippen LogP) is 7.99. The first-order valence-corrected chi connectivity index (χ1v) is 21.3. The molecule has 3 atom stereocenters. The van der Waals surface area contributed by atoms with Crippen LogP contribution in [0.25, 0.3) is 0 Å². The largest absolute Gasteiger partial charge is 0.500 e. The summed E-state index contributed by atoms with van der Waals surface area (Å²) in [5, 5.41) is 8.88. The quantitative estimate of drug-likeness (QED) is 0.0417. The second-order valence-electron chi connectivity index (χ2n) is 15.7. The van der Waals surface area contributed by atoms with Gasteiger partial charge in [0.15, 0.2) is 12.2 Å². The highest BCUT2D eigenvalue weighted by Gasteiger charge is 2.65. The topological polar surface area (TPSA) is 241 Å². The van der Waals surface area contributed by atoms with E-state index < -0.39 is 142 Å². The Balaban J connectivity index is -0.000000914. The van der Waals surface area contributed by atoms with Gasteiger partial charge in [-0.25, -0.2) is 17.6 Å². The van der Waals surface area contributed by atoms with E-state index in [4.69, 9.17) is 14.6 Å². The Bertz CT molecular complexity index is 1700. The van der Waals surface area contributed by atoms with Crippen molar-refractivity contribution in [3.63, 3.8) is 0 Å². The zero-order chi connectivity index (χ0) is 58.7. The van der Waals surface area contributed by atoms with Gasteiger partial charge >= 0.3 is 78.3 Å². The van der Waals surface area contributed by atoms with Crippen LogP contribution < -0.4 is 0 Å². The van der Waals surface area contributed by atoms with Crippen molar-refractivity contribution in [1.82, 2.24) is 0 Å². The minimum atomic E-state index is -5.45. The van der Waals surface area contributed by atoms with Gasteiger partial charge in [-0.05, 0) is 26.7 Å². The summed E-state index contributed by atoms with van der Waals surface area (Å²) in [7, 11) is 0. The number of aliphatic hydroxyl groups is 1. The molecule has 1 rings (SSSR count). The Morgan fingerprint density at radius 2 is 0.824 bits per heavy atom. The number of carbonyl (C=O) groups excluding carboxylic acids is 7. The van der Waals surface area contributed by atoms with Gasteiger partial charge in [-0.1, -0.05) is 19.3 Å². The van der Waals surface area contributed by atoms with Gasteiger partial charge in [-0.3, -0.25) is 38.3 Å². The Kier molecular flexibility index (Phi) is 32.2. The molecule has 1 aliphatic carbocycles. The summed E-state index contributed by atoms with van der Waals surface area (Å²) < 4.78 is 222. The number of carbonyl (C=O) groups is 7. The Morgan fingerprint density at radius 1 is 0.459 bits per heavy atom. The molecule has 0 aromatic rings. The highest BCUT2D eigenvalue weighted by Crippen LogP contribution is 2.37. The monoisotopic (exact) mass is 1120 g/mol. The molecule has 0 amide bonds. The fourth-order valence-corrected chi connectivity index (χ4v) is 4.72. The predicted molar refractivity (Wildman–Crippen MR) is 216 cm³/mol. The summed E-state index contributed by atoms with van der Waals surface area (Å²) in [6.45, 7) is 3.43. The molecule has 0 spiro atoms. The van der Waals surface area contributed by atoms with E-state index in [2.05, 4.69) is 42.6 Å². The average Bonchev–Trinajstić information content (AvgIpc) is 3.17. The van der Waals surface area contributed by atoms with Crippen molar-refractivity contribution in [1.29, 1.82) is 0 Å². The molecule has 74 heavy (non-hydrogen) atoms. The standard InChI is InChI=1S/C14H22F2O5.C10H13F5O5.C9H14F2O5.C8H11F5O4/c1-10(17)19-8-12(9-20-14(2,15)16)21-13(18)11-6-4-3-5-7-11;1-6(16)19-10(9(13,14)15,20-7(2)17)18-5-4-8(3,11)12;1-6(12)14-4-8(16-7(2)13)5-15-9(3,10)11;1-5(14)17-8(15,7(11,12)13)16-4-3-6(2,9)10/h11-12H,3-9H2,1-2H3;4-5H2,1-3H3;8H,4-5H2,1-3H3;15H,3-4H2,1-2H3. The second kappa shape index (κ2) is 32.5. The van der Waals surface area contributed by atoms with Gasteiger partial charge in [0.25, 0.3) is 0 Å². The molecule has 0 saturated heterocycles. The van der Waals surface area contributed by atoms with Crippen LogP contribution >= 0.6 is 0 Å². The number of halogens is 14. The molecule has 1 aliphatic rings. The number of ether oxygens (including phenoxy) is 11. The highest BCUT2D eigenvalue weighted by molar-refractivity contribution is 5.73. The third-order valence-electron chi connectivity index (χ3n) is 7.76. The molecule has 1 N–H and O–H groups in total. The van der Waals surface area contributed by atoms with E-state index in [1.807, 2.05) is 0 Å². The Morgan fingerprint density at radius 3 is 1.12 bits per heavy atom. The fourth-order valence-electron chi connectivity index (χ4n) is 4.72. The minimum Gasteiger partial charge on any atom is -0.462 e. The van der Waals surface area contributed by atoms with Crippen LogP contribution in [0.15, 0.2) is 0 Å². The summed E-state index contributed by atoms with van der Waals surface area (Å²) in [5.41, 5.74) is 0. The maximum atomic E-state index is 12.8. The molecule has 33 heteroatoms. The second-order valence-corrected chi connectivity index (χ2v) is 15.7. The lowest BCUT2D eigenvalue weighted by Crippen LogP contribution is -2.54. The number of hydrogen-bond acceptors (Lipinski definition) is 19. The molecule has 0 aromatic heterocycles. The lowest BCUT2D eigenvalue weighted by molar-refractivity contribution is -0.455. The van der Waals surface area contributed by atoms with Crippen LogP contribution in [0.1, 0.15) is 114 Å². The first-order valence-electron chi connectivity index (χ1n) is 21.3. The van der Waals surface area contributed by atoms with Crippen LogP contribution in [0.5, 0.6) is 0 Å². The van der Waals surface area contributed by atoms with Crippen molar-refractivity contribution < 1.29 is 152 Å². The molecule has 1 saturated carbocycles. The first-order chi connectivity index (χ1) is 33.1. The normalized spacial score (nSPS) is 15.3. The lowest BCUT2D eigenvalue weighted by Gasteiger charge is -2.32. The number of hydrogen-bond donors (Lipinski definition) is 1. The van der Waals surface area contributed by atoms with Crippen molar-refractivity contribution >= 4 is 41.8 Å².